The second kappa shape index (κ2) is 8.40. The van der Waals surface area contributed by atoms with E-state index in [0.29, 0.717) is 18.8 Å². The molecule has 0 aromatic heterocycles. The van der Waals surface area contributed by atoms with E-state index in [-0.39, 0.29) is 11.0 Å². The van der Waals surface area contributed by atoms with Crippen LogP contribution >= 0.6 is 23.4 Å². The Morgan fingerprint density at radius 3 is 2.95 bits per heavy atom. The lowest BCUT2D eigenvalue weighted by molar-refractivity contribution is -0.144. The van der Waals surface area contributed by atoms with Gasteiger partial charge in [-0.3, -0.25) is 4.79 Å². The van der Waals surface area contributed by atoms with Gasteiger partial charge in [-0.2, -0.15) is 11.8 Å². The van der Waals surface area contributed by atoms with Gasteiger partial charge in [0.25, 0.3) is 0 Å². The van der Waals surface area contributed by atoms with Crippen LogP contribution in [0.5, 0.6) is 0 Å². The van der Waals surface area contributed by atoms with E-state index < -0.39 is 11.9 Å². The second-order valence-corrected chi connectivity index (χ2v) is 5.46. The predicted molar refractivity (Wildman–Crippen MR) is 76.8 cm³/mol. The predicted octanol–water partition coefficient (Wildman–Crippen LogP) is 2.99. The first-order valence-electron chi connectivity index (χ1n) is 5.98. The van der Waals surface area contributed by atoms with Crippen molar-refractivity contribution in [1.29, 1.82) is 0 Å². The SMILES string of the molecule is CCOC(=O)C(N)CCSCc1ccc(F)c(Cl)c1. The molecule has 1 atom stereocenters. The number of benzene rings is 1. The molecular formula is C13H17ClFNO2S. The minimum absolute atomic E-state index is 0.126. The molecule has 19 heavy (non-hydrogen) atoms. The molecule has 0 radical (unpaired) electrons. The first-order valence-corrected chi connectivity index (χ1v) is 7.51. The zero-order valence-electron chi connectivity index (χ0n) is 10.7. The fourth-order valence-corrected chi connectivity index (χ4v) is 2.58. The summed E-state index contributed by atoms with van der Waals surface area (Å²) in [5, 5.41) is 0.126. The van der Waals surface area contributed by atoms with E-state index in [9.17, 15) is 9.18 Å². The van der Waals surface area contributed by atoms with Crippen molar-refractivity contribution in [3.05, 3.63) is 34.6 Å². The number of rotatable bonds is 7. The third-order valence-electron chi connectivity index (χ3n) is 2.42. The van der Waals surface area contributed by atoms with Crippen molar-refractivity contribution < 1.29 is 13.9 Å². The Hall–Kier alpha value is -0.780. The van der Waals surface area contributed by atoms with Crippen LogP contribution in [0.1, 0.15) is 18.9 Å². The summed E-state index contributed by atoms with van der Waals surface area (Å²) in [4.78, 5) is 11.3. The molecule has 1 unspecified atom stereocenters. The number of hydrogen-bond acceptors (Lipinski definition) is 4. The van der Waals surface area contributed by atoms with Gasteiger partial charge in [-0.25, -0.2) is 4.39 Å². The minimum Gasteiger partial charge on any atom is -0.465 e. The number of esters is 1. The smallest absolute Gasteiger partial charge is 0.322 e. The van der Waals surface area contributed by atoms with Gasteiger partial charge < -0.3 is 10.5 Å². The van der Waals surface area contributed by atoms with Crippen LogP contribution in [0, 0.1) is 5.82 Å². The molecule has 0 saturated carbocycles. The van der Waals surface area contributed by atoms with Crippen molar-refractivity contribution in [2.75, 3.05) is 12.4 Å². The monoisotopic (exact) mass is 305 g/mol. The minimum atomic E-state index is -0.579. The van der Waals surface area contributed by atoms with Gasteiger partial charge in [-0.05, 0) is 36.8 Å². The van der Waals surface area contributed by atoms with E-state index in [1.165, 1.54) is 6.07 Å². The van der Waals surface area contributed by atoms with Crippen molar-refractivity contribution >= 4 is 29.3 Å². The fraction of sp³-hybridized carbons (Fsp3) is 0.462. The average molecular weight is 306 g/mol. The lowest BCUT2D eigenvalue weighted by Gasteiger charge is -2.10. The quantitative estimate of drug-likeness (QED) is 0.621. The van der Waals surface area contributed by atoms with Crippen LogP contribution in [-0.2, 0) is 15.3 Å². The fourth-order valence-electron chi connectivity index (χ4n) is 1.40. The highest BCUT2D eigenvalue weighted by molar-refractivity contribution is 7.98. The number of carbonyl (C=O) groups is 1. The first-order chi connectivity index (χ1) is 9.04. The Bertz CT molecular complexity index is 431. The number of carbonyl (C=O) groups excluding carboxylic acids is 1. The third kappa shape index (κ3) is 5.80. The van der Waals surface area contributed by atoms with Gasteiger partial charge in [-0.15, -0.1) is 0 Å². The summed E-state index contributed by atoms with van der Waals surface area (Å²) in [6, 6.07) is 4.07. The first kappa shape index (κ1) is 16.3. The molecule has 0 bridgehead atoms. The van der Waals surface area contributed by atoms with Gasteiger partial charge >= 0.3 is 5.97 Å². The topological polar surface area (TPSA) is 52.3 Å². The maximum Gasteiger partial charge on any atom is 0.322 e. The molecule has 0 aliphatic carbocycles. The summed E-state index contributed by atoms with van der Waals surface area (Å²) in [6.07, 6.45) is 0.554. The number of halogens is 2. The summed E-state index contributed by atoms with van der Waals surface area (Å²) >= 11 is 7.30. The standard InChI is InChI=1S/C13H17ClFNO2S/c1-2-18-13(17)12(16)5-6-19-8-9-3-4-11(15)10(14)7-9/h3-4,7,12H,2,5-6,8,16H2,1H3. The van der Waals surface area contributed by atoms with Crippen molar-refractivity contribution in [3.63, 3.8) is 0 Å². The van der Waals surface area contributed by atoms with Crippen LogP contribution in [-0.4, -0.2) is 24.4 Å². The molecule has 0 saturated heterocycles. The molecule has 1 rings (SSSR count). The number of hydrogen-bond donors (Lipinski definition) is 1. The molecule has 106 valence electrons. The molecule has 0 aliphatic rings. The number of thioether (sulfide) groups is 1. The zero-order chi connectivity index (χ0) is 14.3. The van der Waals surface area contributed by atoms with Crippen molar-refractivity contribution in [2.24, 2.45) is 5.73 Å². The van der Waals surface area contributed by atoms with E-state index in [1.807, 2.05) is 0 Å². The largest absolute Gasteiger partial charge is 0.465 e. The maximum atomic E-state index is 12.9. The summed E-state index contributed by atoms with van der Waals surface area (Å²) in [5.74, 6) is 0.650. The van der Waals surface area contributed by atoms with Gasteiger partial charge in [-0.1, -0.05) is 17.7 Å². The molecular weight excluding hydrogens is 289 g/mol. The van der Waals surface area contributed by atoms with Crippen molar-refractivity contribution in [2.45, 2.75) is 25.1 Å². The highest BCUT2D eigenvalue weighted by Crippen LogP contribution is 2.20. The average Bonchev–Trinajstić information content (AvgIpc) is 2.38. The van der Waals surface area contributed by atoms with Gasteiger partial charge in [0.15, 0.2) is 0 Å². The lowest BCUT2D eigenvalue weighted by atomic mass is 10.2. The molecule has 0 aliphatic heterocycles. The van der Waals surface area contributed by atoms with Gasteiger partial charge in [0.1, 0.15) is 11.9 Å². The van der Waals surface area contributed by atoms with Crippen LogP contribution in [0.3, 0.4) is 0 Å². The van der Waals surface area contributed by atoms with Gasteiger partial charge in [0.2, 0.25) is 0 Å². The Labute approximate surface area is 121 Å². The molecule has 0 fully saturated rings. The van der Waals surface area contributed by atoms with Crippen LogP contribution in [0.2, 0.25) is 5.02 Å². The Balaban J connectivity index is 2.27. The van der Waals surface area contributed by atoms with Crippen molar-refractivity contribution in [3.8, 4) is 0 Å². The molecule has 6 heteroatoms. The highest BCUT2D eigenvalue weighted by atomic mass is 35.5. The maximum absolute atomic E-state index is 12.9. The van der Waals surface area contributed by atoms with E-state index in [1.54, 1.807) is 30.8 Å². The Morgan fingerprint density at radius 2 is 2.32 bits per heavy atom. The molecule has 0 spiro atoms. The summed E-state index contributed by atoms with van der Waals surface area (Å²) in [5.41, 5.74) is 6.61. The van der Waals surface area contributed by atoms with Crippen LogP contribution in [0.15, 0.2) is 18.2 Å². The molecule has 2 N–H and O–H groups in total. The number of ether oxygens (including phenoxy) is 1. The Kier molecular flexibility index (Phi) is 7.20. The van der Waals surface area contributed by atoms with Crippen LogP contribution in [0.4, 0.5) is 4.39 Å². The molecule has 1 aromatic carbocycles. The van der Waals surface area contributed by atoms with E-state index >= 15 is 0 Å². The van der Waals surface area contributed by atoms with E-state index in [2.05, 4.69) is 0 Å². The molecule has 0 heterocycles. The molecule has 3 nitrogen and oxygen atoms in total. The van der Waals surface area contributed by atoms with Crippen LogP contribution in [0.25, 0.3) is 0 Å². The molecule has 1 aromatic rings. The van der Waals surface area contributed by atoms with Gasteiger partial charge in [0.05, 0.1) is 11.6 Å². The van der Waals surface area contributed by atoms with E-state index in [4.69, 9.17) is 22.1 Å². The summed E-state index contributed by atoms with van der Waals surface area (Å²) in [7, 11) is 0. The zero-order valence-corrected chi connectivity index (χ0v) is 12.3. The Morgan fingerprint density at radius 1 is 1.58 bits per heavy atom. The third-order valence-corrected chi connectivity index (χ3v) is 3.77. The summed E-state index contributed by atoms with van der Waals surface area (Å²) < 4.78 is 17.8. The summed E-state index contributed by atoms with van der Waals surface area (Å²) in [6.45, 7) is 2.09. The van der Waals surface area contributed by atoms with E-state index in [0.717, 1.165) is 11.3 Å². The second-order valence-electron chi connectivity index (χ2n) is 3.95. The molecule has 0 amide bonds. The lowest BCUT2D eigenvalue weighted by Crippen LogP contribution is -2.32. The normalized spacial score (nSPS) is 12.2. The van der Waals surface area contributed by atoms with Crippen LogP contribution < -0.4 is 5.73 Å². The highest BCUT2D eigenvalue weighted by Gasteiger charge is 2.13. The van der Waals surface area contributed by atoms with Crippen molar-refractivity contribution in [1.82, 2.24) is 0 Å². The van der Waals surface area contributed by atoms with Gasteiger partial charge in [0, 0.05) is 5.75 Å². The number of nitrogens with two attached hydrogens (primary N) is 1.